The van der Waals surface area contributed by atoms with E-state index in [-0.39, 0.29) is 10.8 Å². The van der Waals surface area contributed by atoms with E-state index < -0.39 is 0 Å². The van der Waals surface area contributed by atoms with Crippen LogP contribution in [0.5, 0.6) is 0 Å². The van der Waals surface area contributed by atoms with Crippen molar-refractivity contribution in [3.05, 3.63) is 150 Å². The molecule has 2 heteroatoms. The Bertz CT molecular complexity index is 2660. The maximum absolute atomic E-state index is 6.40. The maximum Gasteiger partial charge on any atom is 0.135 e. The third-order valence-electron chi connectivity index (χ3n) is 15.6. The molecule has 264 valence electrons. The molecule has 0 atom stereocenters. The predicted octanol–water partition coefficient (Wildman–Crippen LogP) is 14.0. The Kier molecular flexibility index (Phi) is 6.04. The van der Waals surface area contributed by atoms with Gasteiger partial charge in [-0.05, 0) is 150 Å². The Morgan fingerprint density at radius 2 is 1.13 bits per heavy atom. The van der Waals surface area contributed by atoms with Crippen molar-refractivity contribution in [3.63, 3.8) is 0 Å². The van der Waals surface area contributed by atoms with Gasteiger partial charge >= 0.3 is 0 Å². The normalized spacial score (nSPS) is 26.4. The number of para-hydroxylation sites is 1. The summed E-state index contributed by atoms with van der Waals surface area (Å²) in [5.74, 6) is 3.30. The van der Waals surface area contributed by atoms with Crippen molar-refractivity contribution in [2.75, 3.05) is 4.90 Å². The molecule has 5 fully saturated rings. The van der Waals surface area contributed by atoms with Gasteiger partial charge in [0.05, 0.1) is 5.69 Å². The molecule has 1 heterocycles. The molecule has 2 nitrogen and oxygen atoms in total. The molecule has 14 rings (SSSR count). The van der Waals surface area contributed by atoms with Crippen LogP contribution in [0.25, 0.3) is 44.2 Å². The van der Waals surface area contributed by atoms with Gasteiger partial charge in [0, 0.05) is 38.5 Å². The summed E-state index contributed by atoms with van der Waals surface area (Å²) < 4.78 is 6.40. The van der Waals surface area contributed by atoms with Crippen molar-refractivity contribution in [1.82, 2.24) is 0 Å². The van der Waals surface area contributed by atoms with Crippen molar-refractivity contribution in [2.45, 2.75) is 75.0 Å². The Morgan fingerprint density at radius 1 is 0.481 bits per heavy atom. The van der Waals surface area contributed by atoms with Gasteiger partial charge < -0.3 is 9.32 Å². The summed E-state index contributed by atoms with van der Waals surface area (Å²) in [5.41, 5.74) is 18.0. The highest BCUT2D eigenvalue weighted by Crippen LogP contribution is 2.70. The Hall–Kier alpha value is -5.08. The van der Waals surface area contributed by atoms with Crippen LogP contribution >= 0.6 is 0 Å². The highest BCUT2D eigenvalue weighted by molar-refractivity contribution is 6.07. The molecular formula is C52H45NO. The lowest BCUT2D eigenvalue weighted by Gasteiger charge is -2.61. The lowest BCUT2D eigenvalue weighted by Crippen LogP contribution is -2.55. The van der Waals surface area contributed by atoms with Gasteiger partial charge in [-0.25, -0.2) is 0 Å². The largest absolute Gasteiger partial charge is 0.456 e. The van der Waals surface area contributed by atoms with E-state index in [4.69, 9.17) is 4.42 Å². The average Bonchev–Trinajstić information content (AvgIpc) is 3.82. The first kappa shape index (κ1) is 30.3. The fraction of sp³-hybridized carbons (Fsp3) is 0.308. The molecule has 7 aromatic rings. The second-order valence-electron chi connectivity index (χ2n) is 18.0. The van der Waals surface area contributed by atoms with E-state index in [1.54, 1.807) is 16.7 Å². The van der Waals surface area contributed by atoms with E-state index >= 15 is 0 Å². The molecule has 0 amide bonds. The Labute approximate surface area is 317 Å². The van der Waals surface area contributed by atoms with Crippen LogP contribution in [0.2, 0.25) is 0 Å². The number of hydrogen-bond donors (Lipinski definition) is 0. The van der Waals surface area contributed by atoms with Gasteiger partial charge in [-0.1, -0.05) is 104 Å². The van der Waals surface area contributed by atoms with Crippen LogP contribution in [-0.2, 0) is 10.8 Å². The summed E-state index contributed by atoms with van der Waals surface area (Å²) in [5, 5.41) is 2.35. The van der Waals surface area contributed by atoms with Crippen LogP contribution in [-0.4, -0.2) is 0 Å². The summed E-state index contributed by atoms with van der Waals surface area (Å²) in [6, 6.07) is 49.2. The molecule has 54 heavy (non-hydrogen) atoms. The summed E-state index contributed by atoms with van der Waals surface area (Å²) in [6.07, 6.45) is 13.4. The van der Waals surface area contributed by atoms with E-state index in [1.807, 2.05) is 0 Å². The van der Waals surface area contributed by atoms with Gasteiger partial charge in [0.15, 0.2) is 0 Å². The topological polar surface area (TPSA) is 16.4 Å². The van der Waals surface area contributed by atoms with Gasteiger partial charge in [-0.3, -0.25) is 0 Å². The molecule has 0 N–H and O–H groups in total. The third kappa shape index (κ3) is 3.77. The van der Waals surface area contributed by atoms with Crippen molar-refractivity contribution < 1.29 is 4.42 Å². The smallest absolute Gasteiger partial charge is 0.135 e. The minimum Gasteiger partial charge on any atom is -0.456 e. The van der Waals surface area contributed by atoms with Crippen LogP contribution in [0.4, 0.5) is 17.1 Å². The van der Waals surface area contributed by atoms with E-state index in [1.165, 1.54) is 120 Å². The molecule has 4 bridgehead atoms. The standard InChI is InChI=1S/C52H45NO/c1-8-23-51(24-9-1)43-14-5-3-13-41(43)50-45(51)16-10-17-47(50)53(36-20-22-49-42(30-36)40-12-4-7-18-48(40)54-49)37-19-21-39-38-11-2-6-15-44(38)52(46(39)31-37)34-26-32-25-33(28-34)29-35(52)27-32/h2-7,10-22,30-35H,1,8-9,23-29H2. The fourth-order valence-corrected chi connectivity index (χ4v) is 13.9. The minimum atomic E-state index is 0.0978. The molecular weight excluding hydrogens is 655 g/mol. The predicted molar refractivity (Wildman–Crippen MR) is 221 cm³/mol. The number of hydrogen-bond acceptors (Lipinski definition) is 2. The highest BCUT2D eigenvalue weighted by atomic mass is 16.3. The first-order chi connectivity index (χ1) is 26.7. The van der Waals surface area contributed by atoms with E-state index in [9.17, 15) is 0 Å². The SMILES string of the molecule is c1ccc2c(c1)-c1c(N(c3ccc4c(c3)C3(c5ccccc5-4)C4CC5CC(C4)CC3C5)c3ccc4oc5ccccc5c4c3)cccc1C21CCCCC1. The fourth-order valence-electron chi connectivity index (χ4n) is 13.9. The maximum atomic E-state index is 6.40. The number of benzene rings is 6. The summed E-state index contributed by atoms with van der Waals surface area (Å²) in [6.45, 7) is 0. The molecule has 6 aromatic carbocycles. The molecule has 0 aliphatic heterocycles. The van der Waals surface area contributed by atoms with Gasteiger partial charge in [0.1, 0.15) is 11.2 Å². The summed E-state index contributed by atoms with van der Waals surface area (Å²) in [7, 11) is 0. The molecule has 0 unspecified atom stereocenters. The van der Waals surface area contributed by atoms with Crippen LogP contribution in [0.1, 0.15) is 86.5 Å². The molecule has 0 radical (unpaired) electrons. The van der Waals surface area contributed by atoms with Crippen LogP contribution in [0.15, 0.2) is 132 Å². The van der Waals surface area contributed by atoms with Crippen LogP contribution in [0, 0.1) is 23.7 Å². The van der Waals surface area contributed by atoms with Gasteiger partial charge in [-0.2, -0.15) is 0 Å². The number of rotatable bonds is 3. The first-order valence-electron chi connectivity index (χ1n) is 20.9. The van der Waals surface area contributed by atoms with Crippen molar-refractivity contribution in [3.8, 4) is 22.3 Å². The molecule has 5 saturated carbocycles. The molecule has 1 aromatic heterocycles. The lowest BCUT2D eigenvalue weighted by atomic mass is 9.43. The van der Waals surface area contributed by atoms with Gasteiger partial charge in [-0.15, -0.1) is 0 Å². The van der Waals surface area contributed by atoms with Crippen LogP contribution < -0.4 is 4.90 Å². The Balaban J connectivity index is 1.08. The summed E-state index contributed by atoms with van der Waals surface area (Å²) in [4.78, 5) is 2.63. The molecule has 2 spiro atoms. The van der Waals surface area contributed by atoms with E-state index in [0.29, 0.717) is 0 Å². The monoisotopic (exact) mass is 699 g/mol. The number of nitrogens with zero attached hydrogens (tertiary/aromatic N) is 1. The third-order valence-corrected chi connectivity index (χ3v) is 15.6. The molecule has 7 aliphatic rings. The average molecular weight is 700 g/mol. The minimum absolute atomic E-state index is 0.0978. The quantitative estimate of drug-likeness (QED) is 0.183. The van der Waals surface area contributed by atoms with E-state index in [0.717, 1.165) is 34.8 Å². The summed E-state index contributed by atoms with van der Waals surface area (Å²) >= 11 is 0. The zero-order valence-corrected chi connectivity index (χ0v) is 30.9. The van der Waals surface area contributed by atoms with Crippen molar-refractivity contribution in [1.29, 1.82) is 0 Å². The number of anilines is 3. The molecule has 7 aliphatic carbocycles. The van der Waals surface area contributed by atoms with Crippen molar-refractivity contribution >= 4 is 39.0 Å². The lowest BCUT2D eigenvalue weighted by molar-refractivity contribution is -0.0399. The zero-order valence-electron chi connectivity index (χ0n) is 30.9. The van der Waals surface area contributed by atoms with Crippen molar-refractivity contribution in [2.24, 2.45) is 23.7 Å². The second-order valence-corrected chi connectivity index (χ2v) is 18.0. The zero-order chi connectivity index (χ0) is 35.2. The highest BCUT2D eigenvalue weighted by Gasteiger charge is 2.61. The van der Waals surface area contributed by atoms with Gasteiger partial charge in [0.2, 0.25) is 0 Å². The number of furan rings is 1. The second kappa shape index (κ2) is 10.8. The Morgan fingerprint density at radius 3 is 1.96 bits per heavy atom. The van der Waals surface area contributed by atoms with E-state index in [2.05, 4.69) is 132 Å². The molecule has 0 saturated heterocycles. The first-order valence-corrected chi connectivity index (χ1v) is 20.9. The van der Waals surface area contributed by atoms with Gasteiger partial charge in [0.25, 0.3) is 0 Å². The number of fused-ring (bicyclic) bond motifs is 11. The van der Waals surface area contributed by atoms with Crippen LogP contribution in [0.3, 0.4) is 0 Å².